The molecule has 19 heteroatoms. The average Bonchev–Trinajstić information content (AvgIpc) is 1.65. The maximum atomic E-state index is 13.6. The summed E-state index contributed by atoms with van der Waals surface area (Å²) >= 11 is 0. The van der Waals surface area contributed by atoms with Crippen molar-refractivity contribution in [3.8, 4) is 0 Å². The summed E-state index contributed by atoms with van der Waals surface area (Å²) in [5.74, 6) is -1.38. The van der Waals surface area contributed by atoms with E-state index in [0.29, 0.717) is 47.5 Å². The Morgan fingerprint density at radius 1 is 0.540 bits per heavy atom. The van der Waals surface area contributed by atoms with Crippen LogP contribution in [0.25, 0.3) is 43.6 Å². The van der Waals surface area contributed by atoms with Gasteiger partial charge in [-0.05, 0) is 142 Å². The third-order valence-corrected chi connectivity index (χ3v) is 14.6. The Morgan fingerprint density at radius 2 is 0.920 bits per heavy atom. The van der Waals surface area contributed by atoms with Crippen LogP contribution in [0.15, 0.2) is 180 Å². The molecule has 87 heavy (non-hydrogen) atoms. The van der Waals surface area contributed by atoms with Crippen molar-refractivity contribution in [2.75, 3.05) is 13.7 Å². The van der Waals surface area contributed by atoms with Crippen LogP contribution in [0.1, 0.15) is 120 Å². The molecule has 444 valence electrons. The summed E-state index contributed by atoms with van der Waals surface area (Å²) in [7, 11) is 0.750. The standard InChI is InChI=1S/C31H23F3N2O3.C31H24F3NO2.C5H11NO2.CH3O.Na/c1-3-36-26-14-12-19(29(37)22-10-6-7-11-25(22)31(32,33)34)16-23(26)24-17-20(13-15-27(24)36)30(38)28(35-39)21-9-5-4-8-18(21)2;1-3-35-27-14-12-21(29(36)18-20-9-5-4-8-19(20)2)16-24(27)25-17-22(13-15-28(25)35)30(37)23-10-6-7-11-26(23)31(32,33)34;1-5(2)3-4-8-6-7;1-2;/h4-17,39H,3H2,1-2H3;4-17H,3,18H2,1-2H3;5H,3-4H2,1-2H3;1H3;/q;;;-1;+1/b35-28+;;;;. The maximum absolute atomic E-state index is 13.6. The van der Waals surface area contributed by atoms with Crippen molar-refractivity contribution >= 4 is 72.5 Å². The minimum absolute atomic E-state index is 0. The number of nitrogens with zero attached hydrogens (tertiary/aromatic N) is 4. The van der Waals surface area contributed by atoms with Crippen molar-refractivity contribution in [1.82, 2.24) is 9.13 Å². The molecule has 0 saturated heterocycles. The molecule has 0 fully saturated rings. The Balaban J connectivity index is 0.000000239. The second-order valence-corrected chi connectivity index (χ2v) is 20.4. The van der Waals surface area contributed by atoms with E-state index < -0.39 is 46.4 Å². The SMILES string of the molecule is CC(C)CCON=O.CCn1c2ccc(C(=O)/C(=N/O)c3ccccc3C)cc2c2cc(C(=O)c3ccccc3C(F)(F)F)ccc21.CCn1c2ccc(C(=O)Cc3ccccc3C)cc2c2cc(C(=O)c3ccccc3C(F)(F)F)ccc21.C[O-].[Na+]. The van der Waals surface area contributed by atoms with Gasteiger partial charge in [0.2, 0.25) is 5.78 Å². The Hall–Kier alpha value is -8.55. The summed E-state index contributed by atoms with van der Waals surface area (Å²) in [4.78, 5) is 66.6. The minimum Gasteiger partial charge on any atom is -0.857 e. The number of carbonyl (C=O) groups excluding carboxylic acids is 4. The molecule has 10 aromatic rings. The van der Waals surface area contributed by atoms with Gasteiger partial charge in [0, 0.05) is 102 Å². The third-order valence-electron chi connectivity index (χ3n) is 14.6. The molecule has 0 unspecified atom stereocenters. The second kappa shape index (κ2) is 29.7. The molecule has 2 aromatic heterocycles. The third kappa shape index (κ3) is 15.2. The van der Waals surface area contributed by atoms with Crippen molar-refractivity contribution in [2.45, 2.75) is 79.8 Å². The van der Waals surface area contributed by atoms with Crippen LogP contribution < -0.4 is 34.7 Å². The van der Waals surface area contributed by atoms with Crippen LogP contribution in [-0.4, -0.2) is 56.9 Å². The van der Waals surface area contributed by atoms with Crippen molar-refractivity contribution in [2.24, 2.45) is 16.4 Å². The number of rotatable bonds is 16. The normalized spacial score (nSPS) is 11.5. The predicted molar refractivity (Wildman–Crippen MR) is 320 cm³/mol. The molecular weight excluding hydrogens is 1140 g/mol. The Labute approximate surface area is 520 Å². The maximum Gasteiger partial charge on any atom is 1.00 e. The number of hydrogen-bond donors (Lipinski definition) is 1. The van der Waals surface area contributed by atoms with Crippen LogP contribution in [-0.2, 0) is 36.7 Å². The van der Waals surface area contributed by atoms with Crippen molar-refractivity contribution in [3.05, 3.63) is 242 Å². The minimum atomic E-state index is -4.67. The summed E-state index contributed by atoms with van der Waals surface area (Å²) < 4.78 is 85.5. The van der Waals surface area contributed by atoms with Crippen molar-refractivity contribution in [3.63, 3.8) is 0 Å². The first-order valence-electron chi connectivity index (χ1n) is 27.4. The summed E-state index contributed by atoms with van der Waals surface area (Å²) in [5.41, 5.74) is 4.78. The van der Waals surface area contributed by atoms with Crippen LogP contribution in [0.5, 0.6) is 0 Å². The van der Waals surface area contributed by atoms with Gasteiger partial charge in [0.15, 0.2) is 28.4 Å². The molecule has 2 heterocycles. The first-order valence-corrected chi connectivity index (χ1v) is 27.4. The van der Waals surface area contributed by atoms with E-state index in [1.54, 1.807) is 79.7 Å². The van der Waals surface area contributed by atoms with Crippen molar-refractivity contribution in [1.29, 1.82) is 0 Å². The van der Waals surface area contributed by atoms with E-state index in [2.05, 4.69) is 33.7 Å². The molecule has 0 aliphatic heterocycles. The summed E-state index contributed by atoms with van der Waals surface area (Å²) in [6.45, 7) is 13.5. The number of hydrogen-bond acceptors (Lipinski definition) is 10. The molecule has 0 aliphatic carbocycles. The van der Waals surface area contributed by atoms with Gasteiger partial charge in [0.05, 0.1) is 11.1 Å². The van der Waals surface area contributed by atoms with Gasteiger partial charge in [0.1, 0.15) is 6.61 Å². The fourth-order valence-electron chi connectivity index (χ4n) is 10.3. The molecule has 12 nitrogen and oxygen atoms in total. The first kappa shape index (κ1) is 67.6. The summed E-state index contributed by atoms with van der Waals surface area (Å²) in [6.07, 6.45) is -8.15. The number of aryl methyl sites for hydroxylation is 4. The smallest absolute Gasteiger partial charge is 0.857 e. The molecule has 0 atom stereocenters. The van der Waals surface area contributed by atoms with Gasteiger partial charge in [-0.25, -0.2) is 0 Å². The zero-order chi connectivity index (χ0) is 62.6. The second-order valence-electron chi connectivity index (χ2n) is 20.4. The van der Waals surface area contributed by atoms with Crippen LogP contribution in [0.3, 0.4) is 0 Å². The molecule has 0 saturated carbocycles. The topological polar surface area (TPSA) is 172 Å². The van der Waals surface area contributed by atoms with E-state index in [4.69, 9.17) is 5.11 Å². The number of ketones is 4. The molecule has 10 rings (SSSR count). The van der Waals surface area contributed by atoms with Gasteiger partial charge < -0.3 is 24.3 Å². The molecule has 0 amide bonds. The zero-order valence-corrected chi connectivity index (χ0v) is 51.1. The molecule has 0 bridgehead atoms. The quantitative estimate of drug-likeness (QED) is 0.0145. The Bertz CT molecular complexity index is 4180. The van der Waals surface area contributed by atoms with E-state index in [1.165, 1.54) is 42.5 Å². The fraction of sp³-hybridized carbons (Fsp3) is 0.221. The van der Waals surface area contributed by atoms with E-state index in [0.717, 1.165) is 75.2 Å². The number of aromatic nitrogens is 2. The Kier molecular flexibility index (Phi) is 23.1. The van der Waals surface area contributed by atoms with Crippen LogP contribution in [0.4, 0.5) is 26.3 Å². The number of oxime groups is 1. The van der Waals surface area contributed by atoms with E-state index in [-0.39, 0.29) is 69.7 Å². The van der Waals surface area contributed by atoms with Gasteiger partial charge in [-0.3, -0.25) is 19.2 Å². The molecule has 0 spiro atoms. The molecule has 0 aliphatic rings. The number of carbonyl (C=O) groups is 4. The van der Waals surface area contributed by atoms with Gasteiger partial charge in [-0.2, -0.15) is 33.5 Å². The zero-order valence-electron chi connectivity index (χ0n) is 49.1. The monoisotopic (exact) mass is 1200 g/mol. The van der Waals surface area contributed by atoms with Crippen LogP contribution in [0.2, 0.25) is 0 Å². The van der Waals surface area contributed by atoms with E-state index in [1.807, 2.05) is 67.8 Å². The van der Waals surface area contributed by atoms with Crippen molar-refractivity contribution < 1.29 is 90.2 Å². The molecular formula is C68H61F6N4NaO8. The van der Waals surface area contributed by atoms with E-state index in [9.17, 15) is 55.6 Å². The molecule has 0 radical (unpaired) electrons. The largest absolute Gasteiger partial charge is 1.00 e. The summed E-state index contributed by atoms with van der Waals surface area (Å²) in [6, 6.07) is 44.7. The van der Waals surface area contributed by atoms with Gasteiger partial charge in [-0.15, -0.1) is 4.91 Å². The van der Waals surface area contributed by atoms with Gasteiger partial charge in [-0.1, -0.05) is 104 Å². The molecule has 8 aromatic carbocycles. The average molecular weight is 1200 g/mol. The number of alkyl halides is 6. The summed E-state index contributed by atoms with van der Waals surface area (Å²) in [5, 5.41) is 26.3. The number of halogens is 6. The molecule has 1 N–H and O–H groups in total. The predicted octanol–water partition coefficient (Wildman–Crippen LogP) is 12.9. The van der Waals surface area contributed by atoms with Crippen LogP contribution >= 0.6 is 0 Å². The first-order chi connectivity index (χ1) is 41.1. The van der Waals surface area contributed by atoms with Gasteiger partial charge >= 0.3 is 41.9 Å². The fourth-order valence-corrected chi connectivity index (χ4v) is 10.3. The number of fused-ring (bicyclic) bond motifs is 6. The van der Waals surface area contributed by atoms with E-state index >= 15 is 0 Å². The van der Waals surface area contributed by atoms with Gasteiger partial charge in [0.25, 0.3) is 0 Å². The van der Waals surface area contributed by atoms with Crippen LogP contribution in [0, 0.1) is 24.7 Å². The number of benzene rings is 8. The number of Topliss-reactive ketones (excluding diaryl/α,β-unsaturated/α-hetero) is 2. The Morgan fingerprint density at radius 3 is 1.32 bits per heavy atom.